The van der Waals surface area contributed by atoms with E-state index < -0.39 is 0 Å². The van der Waals surface area contributed by atoms with Crippen molar-refractivity contribution in [1.82, 2.24) is 10.6 Å². The van der Waals surface area contributed by atoms with Gasteiger partial charge in [-0.15, -0.1) is 0 Å². The first kappa shape index (κ1) is 9.52. The number of hydrogen-bond donors (Lipinski definition) is 2. The second-order valence-corrected chi connectivity index (χ2v) is 3.42. The highest BCUT2D eigenvalue weighted by Crippen LogP contribution is 2.09. The van der Waals surface area contributed by atoms with E-state index in [0.717, 1.165) is 13.0 Å². The van der Waals surface area contributed by atoms with Crippen molar-refractivity contribution >= 4 is 5.91 Å². The number of amides is 1. The molecule has 1 unspecified atom stereocenters. The van der Waals surface area contributed by atoms with E-state index in [1.165, 1.54) is 25.8 Å². The lowest BCUT2D eigenvalue weighted by Gasteiger charge is -2.09. The van der Waals surface area contributed by atoms with Crippen LogP contribution >= 0.6 is 0 Å². The number of nitrogens with one attached hydrogen (secondary N) is 2. The van der Waals surface area contributed by atoms with Crippen LogP contribution in [0.5, 0.6) is 0 Å². The van der Waals surface area contributed by atoms with E-state index in [1.54, 1.807) is 6.92 Å². The first-order chi connectivity index (χ1) is 5.79. The Kier molecular flexibility index (Phi) is 4.08. The molecule has 1 heterocycles. The summed E-state index contributed by atoms with van der Waals surface area (Å²) in [5.74, 6) is 0.0781. The summed E-state index contributed by atoms with van der Waals surface area (Å²) in [6.07, 6.45) is 4.91. The normalized spacial score (nSPS) is 22.6. The molecule has 1 rings (SSSR count). The van der Waals surface area contributed by atoms with Crippen molar-refractivity contribution in [2.45, 2.75) is 38.6 Å². The number of hydrogen-bond acceptors (Lipinski definition) is 2. The maximum absolute atomic E-state index is 10.5. The van der Waals surface area contributed by atoms with Gasteiger partial charge in [-0.05, 0) is 32.2 Å². The van der Waals surface area contributed by atoms with Crippen LogP contribution in [0, 0.1) is 0 Å². The van der Waals surface area contributed by atoms with Gasteiger partial charge in [-0.25, -0.2) is 0 Å². The fourth-order valence-electron chi connectivity index (χ4n) is 1.62. The average Bonchev–Trinajstić information content (AvgIpc) is 2.49. The molecule has 1 saturated heterocycles. The number of carbonyl (C=O) groups excluding carboxylic acids is 1. The van der Waals surface area contributed by atoms with Crippen LogP contribution < -0.4 is 10.6 Å². The SMILES string of the molecule is CC(=O)NCCCC1CCCN1. The van der Waals surface area contributed by atoms with Crippen LogP contribution in [-0.4, -0.2) is 25.0 Å². The zero-order valence-corrected chi connectivity index (χ0v) is 7.73. The number of carbonyl (C=O) groups is 1. The van der Waals surface area contributed by atoms with Crippen molar-refractivity contribution in [2.75, 3.05) is 13.1 Å². The summed E-state index contributed by atoms with van der Waals surface area (Å²) >= 11 is 0. The lowest BCUT2D eigenvalue weighted by molar-refractivity contribution is -0.118. The van der Waals surface area contributed by atoms with E-state index in [4.69, 9.17) is 0 Å². The molecule has 1 amide bonds. The minimum absolute atomic E-state index is 0.0781. The van der Waals surface area contributed by atoms with Crippen LogP contribution in [0.2, 0.25) is 0 Å². The highest BCUT2D eigenvalue weighted by atomic mass is 16.1. The minimum Gasteiger partial charge on any atom is -0.356 e. The van der Waals surface area contributed by atoms with Crippen LogP contribution in [0.15, 0.2) is 0 Å². The smallest absolute Gasteiger partial charge is 0.216 e. The third-order valence-electron chi connectivity index (χ3n) is 2.27. The van der Waals surface area contributed by atoms with Gasteiger partial charge in [0.05, 0.1) is 0 Å². The molecule has 0 saturated carbocycles. The maximum Gasteiger partial charge on any atom is 0.216 e. The minimum atomic E-state index is 0.0781. The first-order valence-electron chi connectivity index (χ1n) is 4.77. The third kappa shape index (κ3) is 3.72. The molecule has 0 aromatic heterocycles. The number of rotatable bonds is 4. The monoisotopic (exact) mass is 170 g/mol. The standard InChI is InChI=1S/C9H18N2O/c1-8(12)10-6-2-4-9-5-3-7-11-9/h9,11H,2-7H2,1H3,(H,10,12). The van der Waals surface area contributed by atoms with E-state index in [1.807, 2.05) is 0 Å². The Hall–Kier alpha value is -0.570. The van der Waals surface area contributed by atoms with Gasteiger partial charge in [0.15, 0.2) is 0 Å². The van der Waals surface area contributed by atoms with Crippen LogP contribution in [0.3, 0.4) is 0 Å². The molecule has 0 bridgehead atoms. The van der Waals surface area contributed by atoms with Gasteiger partial charge in [0.1, 0.15) is 0 Å². The van der Waals surface area contributed by atoms with E-state index in [9.17, 15) is 4.79 Å². The van der Waals surface area contributed by atoms with Crippen molar-refractivity contribution in [3.05, 3.63) is 0 Å². The van der Waals surface area contributed by atoms with E-state index in [2.05, 4.69) is 10.6 Å². The fraction of sp³-hybridized carbons (Fsp3) is 0.889. The highest BCUT2D eigenvalue weighted by Gasteiger charge is 2.12. The van der Waals surface area contributed by atoms with Gasteiger partial charge in [0, 0.05) is 19.5 Å². The zero-order chi connectivity index (χ0) is 8.81. The predicted octanol–water partition coefficient (Wildman–Crippen LogP) is 0.655. The Labute approximate surface area is 73.9 Å². The molecule has 1 atom stereocenters. The Morgan fingerprint density at radius 2 is 2.50 bits per heavy atom. The van der Waals surface area contributed by atoms with Crippen molar-refractivity contribution in [3.63, 3.8) is 0 Å². The summed E-state index contributed by atoms with van der Waals surface area (Å²) in [5, 5.41) is 6.23. The third-order valence-corrected chi connectivity index (χ3v) is 2.27. The maximum atomic E-state index is 10.5. The predicted molar refractivity (Wildman–Crippen MR) is 48.9 cm³/mol. The Balaban J connectivity index is 1.91. The molecule has 0 aromatic carbocycles. The lowest BCUT2D eigenvalue weighted by atomic mass is 10.1. The molecule has 1 aliphatic heterocycles. The second-order valence-electron chi connectivity index (χ2n) is 3.42. The van der Waals surface area contributed by atoms with E-state index in [-0.39, 0.29) is 5.91 Å². The quantitative estimate of drug-likeness (QED) is 0.608. The summed E-state index contributed by atoms with van der Waals surface area (Å²) in [6.45, 7) is 3.56. The summed E-state index contributed by atoms with van der Waals surface area (Å²) in [5.41, 5.74) is 0. The Morgan fingerprint density at radius 1 is 1.67 bits per heavy atom. The first-order valence-corrected chi connectivity index (χ1v) is 4.77. The molecule has 3 heteroatoms. The van der Waals surface area contributed by atoms with Gasteiger partial charge in [0.25, 0.3) is 0 Å². The Morgan fingerprint density at radius 3 is 3.08 bits per heavy atom. The van der Waals surface area contributed by atoms with Gasteiger partial charge in [0.2, 0.25) is 5.91 Å². The molecule has 1 fully saturated rings. The molecule has 0 aromatic rings. The summed E-state index contributed by atoms with van der Waals surface area (Å²) < 4.78 is 0. The highest BCUT2D eigenvalue weighted by molar-refractivity contribution is 5.72. The van der Waals surface area contributed by atoms with E-state index >= 15 is 0 Å². The Bertz CT molecular complexity index is 141. The molecule has 2 N–H and O–H groups in total. The van der Waals surface area contributed by atoms with Gasteiger partial charge in [-0.3, -0.25) is 4.79 Å². The van der Waals surface area contributed by atoms with Crippen molar-refractivity contribution in [2.24, 2.45) is 0 Å². The van der Waals surface area contributed by atoms with E-state index in [0.29, 0.717) is 6.04 Å². The summed E-state index contributed by atoms with van der Waals surface area (Å²) in [4.78, 5) is 10.5. The zero-order valence-electron chi connectivity index (χ0n) is 7.73. The van der Waals surface area contributed by atoms with Crippen molar-refractivity contribution < 1.29 is 4.79 Å². The van der Waals surface area contributed by atoms with Crippen LogP contribution in [0.4, 0.5) is 0 Å². The molecular formula is C9H18N2O. The molecule has 0 spiro atoms. The lowest BCUT2D eigenvalue weighted by Crippen LogP contribution is -2.25. The van der Waals surface area contributed by atoms with Crippen LogP contribution in [-0.2, 0) is 4.79 Å². The largest absolute Gasteiger partial charge is 0.356 e. The molecule has 12 heavy (non-hydrogen) atoms. The molecule has 70 valence electrons. The molecule has 3 nitrogen and oxygen atoms in total. The second kappa shape index (κ2) is 5.14. The van der Waals surface area contributed by atoms with Gasteiger partial charge in [-0.2, -0.15) is 0 Å². The van der Waals surface area contributed by atoms with Gasteiger partial charge >= 0.3 is 0 Å². The molecule has 0 aliphatic carbocycles. The topological polar surface area (TPSA) is 41.1 Å². The molecule has 0 radical (unpaired) electrons. The van der Waals surface area contributed by atoms with Crippen LogP contribution in [0.1, 0.15) is 32.6 Å². The van der Waals surface area contributed by atoms with Crippen LogP contribution in [0.25, 0.3) is 0 Å². The molecule has 1 aliphatic rings. The van der Waals surface area contributed by atoms with Crippen molar-refractivity contribution in [3.8, 4) is 0 Å². The van der Waals surface area contributed by atoms with Gasteiger partial charge in [-0.1, -0.05) is 0 Å². The molecular weight excluding hydrogens is 152 g/mol. The van der Waals surface area contributed by atoms with Gasteiger partial charge < -0.3 is 10.6 Å². The summed E-state index contributed by atoms with van der Waals surface area (Å²) in [6, 6.07) is 0.707. The fourth-order valence-corrected chi connectivity index (χ4v) is 1.62. The average molecular weight is 170 g/mol. The summed E-state index contributed by atoms with van der Waals surface area (Å²) in [7, 11) is 0. The van der Waals surface area contributed by atoms with Crippen molar-refractivity contribution in [1.29, 1.82) is 0 Å².